The highest BCUT2D eigenvalue weighted by molar-refractivity contribution is 5.80. The smallest absolute Gasteiger partial charge is 0.226 e. The molecule has 1 aliphatic heterocycles. The lowest BCUT2D eigenvalue weighted by Crippen LogP contribution is -2.50. The van der Waals surface area contributed by atoms with Gasteiger partial charge in [0, 0.05) is 24.9 Å². The molecule has 3 atom stereocenters. The summed E-state index contributed by atoms with van der Waals surface area (Å²) >= 11 is 0. The van der Waals surface area contributed by atoms with Crippen molar-refractivity contribution >= 4 is 5.91 Å². The molecule has 1 aromatic rings. The molecule has 2 saturated carbocycles. The minimum absolute atomic E-state index is 0.0119. The van der Waals surface area contributed by atoms with Crippen LogP contribution in [0.5, 0.6) is 0 Å². The van der Waals surface area contributed by atoms with Crippen molar-refractivity contribution in [1.82, 2.24) is 9.88 Å². The zero-order chi connectivity index (χ0) is 16.5. The molecule has 3 unspecified atom stereocenters. The zero-order valence-corrected chi connectivity index (χ0v) is 14.3. The van der Waals surface area contributed by atoms with Gasteiger partial charge in [-0.15, -0.1) is 0 Å². The van der Waals surface area contributed by atoms with Gasteiger partial charge < -0.3 is 14.4 Å². The van der Waals surface area contributed by atoms with Gasteiger partial charge in [-0.3, -0.25) is 9.78 Å². The maximum Gasteiger partial charge on any atom is 0.226 e. The molecule has 2 aliphatic carbocycles. The fraction of sp³-hybridized carbons (Fsp3) is 0.684. The lowest BCUT2D eigenvalue weighted by atomic mass is 9.75. The number of ether oxygens (including phenoxy) is 2. The number of carbonyl (C=O) groups excluding carboxylic acids is 1. The van der Waals surface area contributed by atoms with Crippen LogP contribution in [0.3, 0.4) is 0 Å². The molecule has 5 heteroatoms. The maximum absolute atomic E-state index is 12.9. The second-order valence-electron chi connectivity index (χ2n) is 7.49. The molecule has 1 amide bonds. The van der Waals surface area contributed by atoms with Crippen LogP contribution >= 0.6 is 0 Å². The summed E-state index contributed by atoms with van der Waals surface area (Å²) in [6.07, 6.45) is 7.71. The van der Waals surface area contributed by atoms with Crippen molar-refractivity contribution in [3.8, 4) is 0 Å². The van der Waals surface area contributed by atoms with E-state index in [2.05, 4.69) is 16.8 Å². The van der Waals surface area contributed by atoms with E-state index in [0.717, 1.165) is 31.2 Å². The van der Waals surface area contributed by atoms with Gasteiger partial charge >= 0.3 is 0 Å². The third-order valence-electron chi connectivity index (χ3n) is 5.75. The van der Waals surface area contributed by atoms with Crippen molar-refractivity contribution in [3.63, 3.8) is 0 Å². The van der Waals surface area contributed by atoms with Gasteiger partial charge in [0.1, 0.15) is 6.10 Å². The van der Waals surface area contributed by atoms with Gasteiger partial charge in [-0.1, -0.05) is 6.92 Å². The minimum atomic E-state index is -0.0119. The highest BCUT2D eigenvalue weighted by atomic mass is 16.5. The predicted octanol–water partition coefficient (Wildman–Crippen LogP) is 2.40. The summed E-state index contributed by atoms with van der Waals surface area (Å²) in [5.74, 6) is 1.23. The molecule has 0 aromatic carbocycles. The highest BCUT2D eigenvalue weighted by Crippen LogP contribution is 2.38. The van der Waals surface area contributed by atoms with Crippen LogP contribution < -0.4 is 0 Å². The molecular formula is C19H26N2O3. The normalized spacial score (nSPS) is 35.4. The second-order valence-corrected chi connectivity index (χ2v) is 7.49. The van der Waals surface area contributed by atoms with Crippen LogP contribution in [0.1, 0.15) is 38.2 Å². The average Bonchev–Trinajstić information content (AvgIpc) is 2.86. The number of pyridine rings is 1. The van der Waals surface area contributed by atoms with Crippen molar-refractivity contribution in [1.29, 1.82) is 0 Å². The summed E-state index contributed by atoms with van der Waals surface area (Å²) in [4.78, 5) is 19.0. The first-order valence-corrected chi connectivity index (χ1v) is 9.15. The molecule has 24 heavy (non-hydrogen) atoms. The van der Waals surface area contributed by atoms with Crippen LogP contribution in [0.4, 0.5) is 0 Å². The van der Waals surface area contributed by atoms with Gasteiger partial charge in [0.2, 0.25) is 5.91 Å². The van der Waals surface area contributed by atoms with Gasteiger partial charge in [-0.25, -0.2) is 0 Å². The second kappa shape index (κ2) is 6.81. The van der Waals surface area contributed by atoms with Gasteiger partial charge in [-0.2, -0.15) is 0 Å². The van der Waals surface area contributed by atoms with Crippen molar-refractivity contribution in [2.45, 2.75) is 57.5 Å². The summed E-state index contributed by atoms with van der Waals surface area (Å²) in [6, 6.07) is 4.11. The van der Waals surface area contributed by atoms with Crippen LogP contribution in [0, 0.1) is 11.8 Å². The quantitative estimate of drug-likeness (QED) is 0.851. The van der Waals surface area contributed by atoms with E-state index in [4.69, 9.17) is 9.47 Å². The standard InChI is InChI=1S/C19H26N2O3/c1-13-10-15(11-13)19(22)21-8-9-23-17-3-2-16(21)18(17)24-12-14-4-6-20-7-5-14/h4-7,13,15-18H,2-3,8-12H2,1H3. The summed E-state index contributed by atoms with van der Waals surface area (Å²) in [7, 11) is 0. The molecule has 3 aliphatic rings. The van der Waals surface area contributed by atoms with Crippen LogP contribution in [0.25, 0.3) is 0 Å². The lowest BCUT2D eigenvalue weighted by molar-refractivity contribution is -0.144. The number of amides is 1. The largest absolute Gasteiger partial charge is 0.374 e. The molecular weight excluding hydrogens is 304 g/mol. The molecule has 4 rings (SSSR count). The first-order chi connectivity index (χ1) is 11.7. The van der Waals surface area contributed by atoms with E-state index < -0.39 is 0 Å². The Hall–Kier alpha value is -1.46. The number of rotatable bonds is 4. The van der Waals surface area contributed by atoms with Crippen molar-refractivity contribution in [2.24, 2.45) is 11.8 Å². The molecule has 1 aromatic heterocycles. The Morgan fingerprint density at radius 1 is 1.33 bits per heavy atom. The summed E-state index contributed by atoms with van der Waals surface area (Å²) in [6.45, 7) is 4.11. The fourth-order valence-corrected chi connectivity index (χ4v) is 4.39. The molecule has 0 radical (unpaired) electrons. The monoisotopic (exact) mass is 330 g/mol. The maximum atomic E-state index is 12.9. The number of hydrogen-bond acceptors (Lipinski definition) is 4. The zero-order valence-electron chi connectivity index (χ0n) is 14.3. The molecule has 1 saturated heterocycles. The molecule has 130 valence electrons. The van der Waals surface area contributed by atoms with E-state index >= 15 is 0 Å². The lowest BCUT2D eigenvalue weighted by Gasteiger charge is -2.39. The van der Waals surface area contributed by atoms with Gasteiger partial charge in [0.25, 0.3) is 0 Å². The van der Waals surface area contributed by atoms with E-state index in [0.29, 0.717) is 31.6 Å². The van der Waals surface area contributed by atoms with E-state index in [9.17, 15) is 4.79 Å². The van der Waals surface area contributed by atoms with Gasteiger partial charge in [0.05, 0.1) is 25.4 Å². The summed E-state index contributed by atoms with van der Waals surface area (Å²) in [5, 5.41) is 0. The Morgan fingerprint density at radius 3 is 2.88 bits per heavy atom. The average molecular weight is 330 g/mol. The molecule has 2 heterocycles. The van der Waals surface area contributed by atoms with Crippen LogP contribution in [-0.4, -0.2) is 47.2 Å². The molecule has 5 nitrogen and oxygen atoms in total. The SMILES string of the molecule is CC1CC(C(=O)N2CCOC3CCC2C3OCc2ccncc2)C1. The first-order valence-electron chi connectivity index (χ1n) is 9.15. The number of aromatic nitrogens is 1. The van der Waals surface area contributed by atoms with Crippen LogP contribution in [0.15, 0.2) is 24.5 Å². The first kappa shape index (κ1) is 16.0. The topological polar surface area (TPSA) is 51.7 Å². The number of carbonyl (C=O) groups is 1. The van der Waals surface area contributed by atoms with E-state index in [1.54, 1.807) is 12.4 Å². The minimum Gasteiger partial charge on any atom is -0.374 e. The van der Waals surface area contributed by atoms with Crippen molar-refractivity contribution in [3.05, 3.63) is 30.1 Å². The van der Waals surface area contributed by atoms with Crippen molar-refractivity contribution < 1.29 is 14.3 Å². The Labute approximate surface area is 143 Å². The Bertz CT molecular complexity index is 573. The summed E-state index contributed by atoms with van der Waals surface area (Å²) in [5.41, 5.74) is 1.11. The Morgan fingerprint density at radius 2 is 2.12 bits per heavy atom. The molecule has 0 N–H and O–H groups in total. The van der Waals surface area contributed by atoms with Crippen molar-refractivity contribution in [2.75, 3.05) is 13.2 Å². The number of hydrogen-bond donors (Lipinski definition) is 0. The van der Waals surface area contributed by atoms with Crippen LogP contribution in [-0.2, 0) is 20.9 Å². The molecule has 3 fully saturated rings. The van der Waals surface area contributed by atoms with E-state index in [1.807, 2.05) is 12.1 Å². The van der Waals surface area contributed by atoms with E-state index in [1.165, 1.54) is 0 Å². The fourth-order valence-electron chi connectivity index (χ4n) is 4.39. The van der Waals surface area contributed by atoms with Gasteiger partial charge in [-0.05, 0) is 49.3 Å². The molecule has 2 bridgehead atoms. The summed E-state index contributed by atoms with van der Waals surface area (Å²) < 4.78 is 12.2. The predicted molar refractivity (Wildman–Crippen MR) is 89.2 cm³/mol. The molecule has 0 spiro atoms. The highest BCUT2D eigenvalue weighted by Gasteiger charge is 2.46. The third-order valence-corrected chi connectivity index (χ3v) is 5.75. The Kier molecular flexibility index (Phi) is 4.55. The Balaban J connectivity index is 1.44. The number of fused-ring (bicyclic) bond motifs is 2. The van der Waals surface area contributed by atoms with Crippen LogP contribution in [0.2, 0.25) is 0 Å². The number of nitrogens with zero attached hydrogens (tertiary/aromatic N) is 2. The van der Waals surface area contributed by atoms with Gasteiger partial charge in [0.15, 0.2) is 0 Å². The van der Waals surface area contributed by atoms with E-state index in [-0.39, 0.29) is 24.2 Å². The third kappa shape index (κ3) is 3.07.